The second-order valence-electron chi connectivity index (χ2n) is 12.5. The molecule has 1 aliphatic carbocycles. The highest BCUT2D eigenvalue weighted by Gasteiger charge is 2.46. The molecule has 0 unspecified atom stereocenters. The van der Waals surface area contributed by atoms with Gasteiger partial charge >= 0.3 is 0 Å². The highest BCUT2D eigenvalue weighted by atomic mass is 14.5. The highest BCUT2D eigenvalue weighted by Crippen LogP contribution is 2.57. The van der Waals surface area contributed by atoms with Crippen molar-refractivity contribution in [1.82, 2.24) is 0 Å². The Morgan fingerprint density at radius 1 is 0.311 bits per heavy atom. The third kappa shape index (κ3) is 3.32. The summed E-state index contributed by atoms with van der Waals surface area (Å²) in [5.41, 5.74) is 9.98. The van der Waals surface area contributed by atoms with Crippen LogP contribution in [0.1, 0.15) is 22.3 Å². The summed E-state index contributed by atoms with van der Waals surface area (Å²) in [6.07, 6.45) is 0. The first-order valence-electron chi connectivity index (χ1n) is 15.8. The maximum Gasteiger partial charge on any atom is 0.0714 e. The van der Waals surface area contributed by atoms with Crippen LogP contribution >= 0.6 is 0 Å². The van der Waals surface area contributed by atoms with Crippen LogP contribution in [0.15, 0.2) is 170 Å². The maximum atomic E-state index is 2.49. The van der Waals surface area contributed by atoms with Gasteiger partial charge in [0, 0.05) is 0 Å². The minimum absolute atomic E-state index is 0.447. The SMILES string of the molecule is c1ccc(C2(c3ccccc3)c3cc(-c4ccc5ccc6cccc7ccc4c5c67)ccc3-c3cc4ccccc4cc32)cc1. The molecule has 0 fully saturated rings. The smallest absolute Gasteiger partial charge is 0.0622 e. The van der Waals surface area contributed by atoms with Crippen LogP contribution in [-0.4, -0.2) is 0 Å². The van der Waals surface area contributed by atoms with Crippen molar-refractivity contribution < 1.29 is 0 Å². The Balaban J connectivity index is 1.32. The summed E-state index contributed by atoms with van der Waals surface area (Å²) in [5, 5.41) is 10.5. The summed E-state index contributed by atoms with van der Waals surface area (Å²) in [4.78, 5) is 0. The number of benzene rings is 9. The topological polar surface area (TPSA) is 0 Å². The van der Waals surface area contributed by atoms with E-state index < -0.39 is 5.41 Å². The van der Waals surface area contributed by atoms with E-state index in [-0.39, 0.29) is 0 Å². The largest absolute Gasteiger partial charge is 0.0714 e. The first-order valence-corrected chi connectivity index (χ1v) is 15.8. The fourth-order valence-electron chi connectivity index (χ4n) is 8.33. The van der Waals surface area contributed by atoms with Gasteiger partial charge in [0.15, 0.2) is 0 Å². The minimum atomic E-state index is -0.447. The second kappa shape index (κ2) is 9.14. The minimum Gasteiger partial charge on any atom is -0.0622 e. The molecule has 0 N–H and O–H groups in total. The molecule has 0 aromatic heterocycles. The molecule has 0 amide bonds. The summed E-state index contributed by atoms with van der Waals surface area (Å²) in [6.45, 7) is 0. The molecule has 0 saturated carbocycles. The first-order chi connectivity index (χ1) is 22.3. The molecule has 0 bridgehead atoms. The predicted molar refractivity (Wildman–Crippen MR) is 190 cm³/mol. The zero-order chi connectivity index (χ0) is 29.5. The fourth-order valence-corrected chi connectivity index (χ4v) is 8.33. The molecule has 0 nitrogen and oxygen atoms in total. The van der Waals surface area contributed by atoms with Crippen molar-refractivity contribution >= 4 is 43.1 Å². The molecular formula is C45H28. The Bertz CT molecular complexity index is 2520. The van der Waals surface area contributed by atoms with Gasteiger partial charge in [-0.15, -0.1) is 0 Å². The summed E-state index contributed by atoms with van der Waals surface area (Å²) in [5.74, 6) is 0. The van der Waals surface area contributed by atoms with Crippen molar-refractivity contribution in [1.29, 1.82) is 0 Å². The van der Waals surface area contributed by atoms with Crippen molar-refractivity contribution in [3.63, 3.8) is 0 Å². The van der Waals surface area contributed by atoms with Crippen LogP contribution in [0.2, 0.25) is 0 Å². The Labute approximate surface area is 262 Å². The molecule has 45 heavy (non-hydrogen) atoms. The molecule has 0 atom stereocenters. The average molecular weight is 569 g/mol. The lowest BCUT2D eigenvalue weighted by molar-refractivity contribution is 0.770. The van der Waals surface area contributed by atoms with Gasteiger partial charge in [0.2, 0.25) is 0 Å². The predicted octanol–water partition coefficient (Wildman–Crippen LogP) is 11.8. The molecular weight excluding hydrogens is 540 g/mol. The Kier molecular flexibility index (Phi) is 5.02. The summed E-state index contributed by atoms with van der Waals surface area (Å²) < 4.78 is 0. The van der Waals surface area contributed by atoms with Gasteiger partial charge in [-0.1, -0.05) is 152 Å². The molecule has 0 heteroatoms. The Hall–Kier alpha value is -5.72. The van der Waals surface area contributed by atoms with Crippen LogP contribution < -0.4 is 0 Å². The van der Waals surface area contributed by atoms with Crippen LogP contribution in [0.3, 0.4) is 0 Å². The summed E-state index contributed by atoms with van der Waals surface area (Å²) >= 11 is 0. The number of fused-ring (bicyclic) bond motifs is 4. The molecule has 0 heterocycles. The van der Waals surface area contributed by atoms with Crippen molar-refractivity contribution in [3.05, 3.63) is 192 Å². The lowest BCUT2D eigenvalue weighted by atomic mass is 9.67. The zero-order valence-corrected chi connectivity index (χ0v) is 24.7. The van der Waals surface area contributed by atoms with Crippen LogP contribution in [-0.2, 0) is 5.41 Å². The molecule has 208 valence electrons. The highest BCUT2D eigenvalue weighted by molar-refractivity contribution is 6.25. The monoisotopic (exact) mass is 568 g/mol. The van der Waals surface area contributed by atoms with Gasteiger partial charge in [0.05, 0.1) is 5.41 Å². The molecule has 10 rings (SSSR count). The molecule has 1 aliphatic rings. The van der Waals surface area contributed by atoms with Gasteiger partial charge in [-0.05, 0) is 106 Å². The van der Waals surface area contributed by atoms with Crippen molar-refractivity contribution in [2.45, 2.75) is 5.41 Å². The second-order valence-corrected chi connectivity index (χ2v) is 12.5. The molecule has 0 radical (unpaired) electrons. The van der Waals surface area contributed by atoms with Crippen molar-refractivity contribution in [3.8, 4) is 22.3 Å². The third-order valence-corrected chi connectivity index (χ3v) is 10.3. The van der Waals surface area contributed by atoms with E-state index in [1.807, 2.05) is 0 Å². The van der Waals surface area contributed by atoms with E-state index in [1.165, 1.54) is 87.6 Å². The van der Waals surface area contributed by atoms with E-state index in [1.54, 1.807) is 0 Å². The quantitative estimate of drug-likeness (QED) is 0.186. The number of rotatable bonds is 3. The van der Waals surface area contributed by atoms with E-state index in [2.05, 4.69) is 170 Å². The van der Waals surface area contributed by atoms with E-state index in [4.69, 9.17) is 0 Å². The van der Waals surface area contributed by atoms with E-state index >= 15 is 0 Å². The van der Waals surface area contributed by atoms with Gasteiger partial charge in [0.25, 0.3) is 0 Å². The van der Waals surface area contributed by atoms with E-state index in [9.17, 15) is 0 Å². The molecule has 0 aliphatic heterocycles. The number of hydrogen-bond donors (Lipinski definition) is 0. The molecule has 0 spiro atoms. The van der Waals surface area contributed by atoms with E-state index in [0.717, 1.165) is 0 Å². The normalized spacial score (nSPS) is 13.5. The Morgan fingerprint density at radius 3 is 1.56 bits per heavy atom. The summed E-state index contributed by atoms with van der Waals surface area (Å²) in [6, 6.07) is 63.5. The fraction of sp³-hybridized carbons (Fsp3) is 0.0222. The van der Waals surface area contributed by atoms with Crippen LogP contribution in [0, 0.1) is 0 Å². The molecule has 9 aromatic rings. The lowest BCUT2D eigenvalue weighted by Gasteiger charge is -2.34. The van der Waals surface area contributed by atoms with Gasteiger partial charge in [0.1, 0.15) is 0 Å². The number of hydrogen-bond acceptors (Lipinski definition) is 0. The van der Waals surface area contributed by atoms with Gasteiger partial charge in [-0.2, -0.15) is 0 Å². The Morgan fingerprint density at radius 2 is 0.844 bits per heavy atom. The maximum absolute atomic E-state index is 2.49. The molecule has 0 saturated heterocycles. The molecule has 9 aromatic carbocycles. The van der Waals surface area contributed by atoms with Crippen molar-refractivity contribution in [2.75, 3.05) is 0 Å². The van der Waals surface area contributed by atoms with Crippen molar-refractivity contribution in [2.24, 2.45) is 0 Å². The zero-order valence-electron chi connectivity index (χ0n) is 24.7. The van der Waals surface area contributed by atoms with Crippen LogP contribution in [0.25, 0.3) is 65.3 Å². The lowest BCUT2D eigenvalue weighted by Crippen LogP contribution is -2.28. The van der Waals surface area contributed by atoms with Gasteiger partial charge < -0.3 is 0 Å². The summed E-state index contributed by atoms with van der Waals surface area (Å²) in [7, 11) is 0. The van der Waals surface area contributed by atoms with Gasteiger partial charge in [-0.3, -0.25) is 0 Å². The first kappa shape index (κ1) is 24.7. The average Bonchev–Trinajstić information content (AvgIpc) is 3.39. The van der Waals surface area contributed by atoms with Crippen LogP contribution in [0.5, 0.6) is 0 Å². The van der Waals surface area contributed by atoms with E-state index in [0.29, 0.717) is 0 Å². The van der Waals surface area contributed by atoms with Crippen LogP contribution in [0.4, 0.5) is 0 Å². The van der Waals surface area contributed by atoms with Gasteiger partial charge in [-0.25, -0.2) is 0 Å². The third-order valence-electron chi connectivity index (χ3n) is 10.3. The standard InChI is InChI=1S/C45H28/c1-3-14-35(15-4-1)45(36-16-5-2-6-17-36)41-28-34(22-24-38(41)40-26-32-10-7-8-11-33(32)27-42(40)45)37-23-20-31-19-18-29-12-9-13-30-21-25-39(37)44(31)43(29)30/h1-28H.